The number of rotatable bonds is 4. The molecule has 1 N–H and O–H groups in total. The summed E-state index contributed by atoms with van der Waals surface area (Å²) < 4.78 is 5.90. The van der Waals surface area contributed by atoms with Gasteiger partial charge in [0.25, 0.3) is 5.56 Å². The lowest BCUT2D eigenvalue weighted by Crippen LogP contribution is -2.47. The monoisotopic (exact) mass is 452 g/mol. The number of methoxy groups -OCH3 is 1. The molecular formula is C23H21ClN4O2S. The molecule has 0 radical (unpaired) electrons. The minimum Gasteiger partial charge on any atom is -0.497 e. The maximum Gasteiger partial charge on any atom is 0.270 e. The van der Waals surface area contributed by atoms with Gasteiger partial charge >= 0.3 is 0 Å². The molecule has 5 rings (SSSR count). The zero-order valence-corrected chi connectivity index (χ0v) is 18.5. The number of hydrogen-bond acceptors (Lipinski definition) is 6. The van der Waals surface area contributed by atoms with Crippen LogP contribution in [0.2, 0.25) is 5.02 Å². The lowest BCUT2D eigenvalue weighted by molar-refractivity contribution is 0.415. The van der Waals surface area contributed by atoms with Gasteiger partial charge in [-0.3, -0.25) is 9.78 Å². The Kier molecular flexibility index (Phi) is 5.29. The van der Waals surface area contributed by atoms with E-state index in [-0.39, 0.29) is 5.56 Å². The van der Waals surface area contributed by atoms with Crippen LogP contribution in [0, 0.1) is 0 Å². The second-order valence-electron chi connectivity index (χ2n) is 7.40. The Bertz CT molecular complexity index is 1280. The molecule has 31 heavy (non-hydrogen) atoms. The fraction of sp³-hybridized carbons (Fsp3) is 0.217. The number of ether oxygens (including phenoxy) is 1. The number of nitrogens with zero attached hydrogens (tertiary/aromatic N) is 3. The Hall–Kier alpha value is -3.03. The van der Waals surface area contributed by atoms with Crippen molar-refractivity contribution >= 4 is 44.8 Å². The van der Waals surface area contributed by atoms with Gasteiger partial charge in [0, 0.05) is 47.8 Å². The standard InChI is InChI=1S/C23H21ClN4O2S/c1-30-18-7-5-15(6-8-18)19-14-31-21-20(19)25-23(26-22(21)29)28-11-9-27(10-12-28)17-4-2-3-16(24)13-17/h2-8,13-14H,9-12H2,1H3,(H,25,26,29). The molecule has 2 aromatic carbocycles. The number of benzene rings is 2. The van der Waals surface area contributed by atoms with Crippen molar-refractivity contribution in [3.63, 3.8) is 0 Å². The first-order valence-corrected chi connectivity index (χ1v) is 11.3. The third-order valence-electron chi connectivity index (χ3n) is 5.57. The lowest BCUT2D eigenvalue weighted by Gasteiger charge is -2.36. The summed E-state index contributed by atoms with van der Waals surface area (Å²) in [7, 11) is 1.65. The van der Waals surface area contributed by atoms with Gasteiger partial charge in [0.15, 0.2) is 0 Å². The average Bonchev–Trinajstić information content (AvgIpc) is 3.24. The molecule has 3 heterocycles. The molecule has 0 unspecified atom stereocenters. The highest BCUT2D eigenvalue weighted by atomic mass is 35.5. The van der Waals surface area contributed by atoms with E-state index in [1.54, 1.807) is 7.11 Å². The molecule has 1 aliphatic rings. The third kappa shape index (κ3) is 3.86. The molecule has 0 saturated carbocycles. The maximum atomic E-state index is 12.8. The van der Waals surface area contributed by atoms with Gasteiger partial charge in [-0.2, -0.15) is 0 Å². The topological polar surface area (TPSA) is 61.5 Å². The molecule has 1 fully saturated rings. The van der Waals surface area contributed by atoms with Crippen molar-refractivity contribution in [2.45, 2.75) is 0 Å². The predicted octanol–water partition coefficient (Wildman–Crippen LogP) is 4.64. The number of anilines is 2. The van der Waals surface area contributed by atoms with E-state index in [0.29, 0.717) is 10.6 Å². The Morgan fingerprint density at radius 2 is 1.81 bits per heavy atom. The molecule has 2 aromatic heterocycles. The highest BCUT2D eigenvalue weighted by molar-refractivity contribution is 7.17. The van der Waals surface area contributed by atoms with Crippen molar-refractivity contribution in [3.05, 3.63) is 69.3 Å². The van der Waals surface area contributed by atoms with Crippen molar-refractivity contribution in [2.24, 2.45) is 0 Å². The number of nitrogens with one attached hydrogen (secondary N) is 1. The Balaban J connectivity index is 1.42. The summed E-state index contributed by atoms with van der Waals surface area (Å²) in [5, 5.41) is 2.73. The van der Waals surface area contributed by atoms with Crippen LogP contribution in [0.1, 0.15) is 0 Å². The van der Waals surface area contributed by atoms with Crippen molar-refractivity contribution in [1.29, 1.82) is 0 Å². The van der Waals surface area contributed by atoms with Crippen LogP contribution in [0.4, 0.5) is 11.6 Å². The molecule has 0 spiro atoms. The number of piperazine rings is 1. The minimum absolute atomic E-state index is 0.0953. The highest BCUT2D eigenvalue weighted by Gasteiger charge is 2.21. The number of aromatic amines is 1. The van der Waals surface area contributed by atoms with Crippen LogP contribution in [-0.2, 0) is 0 Å². The normalized spacial score (nSPS) is 14.3. The first-order valence-electron chi connectivity index (χ1n) is 10.0. The number of fused-ring (bicyclic) bond motifs is 1. The van der Waals surface area contributed by atoms with E-state index >= 15 is 0 Å². The van der Waals surface area contributed by atoms with Crippen LogP contribution in [0.25, 0.3) is 21.3 Å². The summed E-state index contributed by atoms with van der Waals surface area (Å²) in [5.41, 5.74) is 3.74. The van der Waals surface area contributed by atoms with Crippen LogP contribution < -0.4 is 20.1 Å². The van der Waals surface area contributed by atoms with Gasteiger partial charge in [-0.15, -0.1) is 11.3 Å². The largest absolute Gasteiger partial charge is 0.497 e. The van der Waals surface area contributed by atoms with Gasteiger partial charge in [0.2, 0.25) is 5.95 Å². The molecule has 1 aliphatic heterocycles. The molecule has 158 valence electrons. The zero-order valence-electron chi connectivity index (χ0n) is 17.0. The summed E-state index contributed by atoms with van der Waals surface area (Å²) in [6, 6.07) is 15.7. The van der Waals surface area contributed by atoms with Crippen molar-refractivity contribution < 1.29 is 4.74 Å². The number of halogens is 1. The summed E-state index contributed by atoms with van der Waals surface area (Å²) in [4.78, 5) is 25.0. The van der Waals surface area contributed by atoms with Gasteiger partial charge < -0.3 is 14.5 Å². The zero-order chi connectivity index (χ0) is 21.4. The van der Waals surface area contributed by atoms with E-state index in [9.17, 15) is 4.79 Å². The first kappa shape index (κ1) is 19.9. The quantitative estimate of drug-likeness (QED) is 0.488. The van der Waals surface area contributed by atoms with E-state index in [1.807, 2.05) is 47.8 Å². The molecule has 0 aliphatic carbocycles. The summed E-state index contributed by atoms with van der Waals surface area (Å²) >= 11 is 7.56. The molecule has 0 bridgehead atoms. The summed E-state index contributed by atoms with van der Waals surface area (Å²) in [6.07, 6.45) is 0. The van der Waals surface area contributed by atoms with Gasteiger partial charge in [-0.1, -0.05) is 29.8 Å². The van der Waals surface area contributed by atoms with Gasteiger partial charge in [-0.25, -0.2) is 4.98 Å². The van der Waals surface area contributed by atoms with Crippen LogP contribution >= 0.6 is 22.9 Å². The number of thiophene rings is 1. The Morgan fingerprint density at radius 1 is 1.06 bits per heavy atom. The summed E-state index contributed by atoms with van der Waals surface area (Å²) in [5.74, 6) is 1.42. The van der Waals surface area contributed by atoms with Crippen LogP contribution in [-0.4, -0.2) is 43.3 Å². The molecular weight excluding hydrogens is 432 g/mol. The smallest absolute Gasteiger partial charge is 0.270 e. The van der Waals surface area contributed by atoms with Gasteiger partial charge in [0.05, 0.1) is 12.6 Å². The van der Waals surface area contributed by atoms with Crippen molar-refractivity contribution in [2.75, 3.05) is 43.1 Å². The minimum atomic E-state index is -0.0953. The Labute approximate surface area is 188 Å². The molecule has 4 aromatic rings. The van der Waals surface area contributed by atoms with E-state index < -0.39 is 0 Å². The van der Waals surface area contributed by atoms with Crippen LogP contribution in [0.5, 0.6) is 5.75 Å². The molecule has 6 nitrogen and oxygen atoms in total. The van der Waals surface area contributed by atoms with Crippen molar-refractivity contribution in [3.8, 4) is 16.9 Å². The first-order chi connectivity index (χ1) is 15.1. The second-order valence-corrected chi connectivity index (χ2v) is 8.72. The van der Waals surface area contributed by atoms with Gasteiger partial charge in [-0.05, 0) is 35.9 Å². The predicted molar refractivity (Wildman–Crippen MR) is 128 cm³/mol. The van der Waals surface area contributed by atoms with Gasteiger partial charge in [0.1, 0.15) is 10.4 Å². The number of aromatic nitrogens is 2. The number of hydrogen-bond donors (Lipinski definition) is 1. The average molecular weight is 453 g/mol. The molecule has 8 heteroatoms. The van der Waals surface area contributed by atoms with E-state index in [4.69, 9.17) is 21.3 Å². The Morgan fingerprint density at radius 3 is 2.52 bits per heavy atom. The fourth-order valence-electron chi connectivity index (χ4n) is 3.89. The van der Waals surface area contributed by atoms with Crippen LogP contribution in [0.15, 0.2) is 58.7 Å². The van der Waals surface area contributed by atoms with E-state index in [1.165, 1.54) is 11.3 Å². The second kappa shape index (κ2) is 8.24. The SMILES string of the molecule is COc1ccc(-c2csc3c(=O)[nH]c(N4CCN(c5cccc(Cl)c5)CC4)nc23)cc1. The number of H-pyrrole nitrogens is 1. The fourth-order valence-corrected chi connectivity index (χ4v) is 4.98. The van der Waals surface area contributed by atoms with Crippen molar-refractivity contribution in [1.82, 2.24) is 9.97 Å². The van der Waals surface area contributed by atoms with Crippen LogP contribution in [0.3, 0.4) is 0 Å². The van der Waals surface area contributed by atoms with E-state index in [2.05, 4.69) is 20.9 Å². The van der Waals surface area contributed by atoms with E-state index in [0.717, 1.165) is 59.3 Å². The maximum absolute atomic E-state index is 12.8. The summed E-state index contributed by atoms with van der Waals surface area (Å²) in [6.45, 7) is 3.19. The highest BCUT2D eigenvalue weighted by Crippen LogP contribution is 2.33. The molecule has 1 saturated heterocycles. The third-order valence-corrected chi connectivity index (χ3v) is 6.77. The lowest BCUT2D eigenvalue weighted by atomic mass is 10.1. The molecule has 0 amide bonds. The molecule has 0 atom stereocenters.